The minimum Gasteiger partial charge on any atom is -0.354 e. The number of pyridine rings is 1. The molecule has 184 valence electrons. The molecule has 6 aromatic rings. The smallest absolute Gasteiger partial charge is 0.354 e. The third kappa shape index (κ3) is 3.98. The lowest BCUT2D eigenvalue weighted by atomic mass is 9.87. The fraction of sp³-hybridized carbons (Fsp3) is 0.0690. The second-order valence-corrected chi connectivity index (χ2v) is 8.81. The Hall–Kier alpha value is -4.33. The van der Waals surface area contributed by atoms with E-state index >= 15 is 0 Å². The van der Waals surface area contributed by atoms with Crippen LogP contribution in [0.1, 0.15) is 11.1 Å². The van der Waals surface area contributed by atoms with E-state index < -0.39 is 23.5 Å². The normalized spacial score (nSPS) is 12.6. The van der Waals surface area contributed by atoms with Crippen molar-refractivity contribution in [1.82, 2.24) is 4.98 Å². The van der Waals surface area contributed by atoms with Gasteiger partial charge in [-0.3, -0.25) is 4.98 Å². The third-order valence-electron chi connectivity index (χ3n) is 6.48. The molecular formula is C29H16F6N2. The second-order valence-electron chi connectivity index (χ2n) is 8.81. The zero-order chi connectivity index (χ0) is 25.9. The fourth-order valence-electron chi connectivity index (χ4n) is 4.87. The number of nitrogens with zero attached hydrogens (tertiary/aromatic N) is 1. The van der Waals surface area contributed by atoms with Gasteiger partial charge in [-0.05, 0) is 80.5 Å². The molecule has 0 spiro atoms. The maximum Gasteiger partial charge on any atom is 0.416 e. The van der Waals surface area contributed by atoms with E-state index in [0.29, 0.717) is 22.1 Å². The Morgan fingerprint density at radius 2 is 1.27 bits per heavy atom. The molecule has 0 atom stereocenters. The Morgan fingerprint density at radius 3 is 1.92 bits per heavy atom. The average molecular weight is 506 g/mol. The van der Waals surface area contributed by atoms with Crippen LogP contribution < -0.4 is 5.32 Å². The Kier molecular flexibility index (Phi) is 5.05. The summed E-state index contributed by atoms with van der Waals surface area (Å²) in [6.07, 6.45) is -6.63. The van der Waals surface area contributed by atoms with Crippen LogP contribution in [0.3, 0.4) is 0 Å². The van der Waals surface area contributed by atoms with Gasteiger partial charge in [0.1, 0.15) is 0 Å². The summed E-state index contributed by atoms with van der Waals surface area (Å²) in [5.41, 5.74) is -1.23. The summed E-state index contributed by atoms with van der Waals surface area (Å²) in [4.78, 5) is 4.10. The quantitative estimate of drug-likeness (QED) is 0.191. The molecule has 0 bridgehead atoms. The minimum absolute atomic E-state index is 0.150. The van der Waals surface area contributed by atoms with Crippen LogP contribution in [0.4, 0.5) is 37.7 Å². The van der Waals surface area contributed by atoms with Crippen LogP contribution in [0.25, 0.3) is 43.4 Å². The van der Waals surface area contributed by atoms with Gasteiger partial charge in [-0.1, -0.05) is 36.4 Å². The van der Waals surface area contributed by atoms with Crippen molar-refractivity contribution in [2.24, 2.45) is 0 Å². The van der Waals surface area contributed by atoms with Crippen LogP contribution in [0.15, 0.2) is 91.3 Å². The van der Waals surface area contributed by atoms with Gasteiger partial charge in [-0.25, -0.2) is 0 Å². The predicted octanol–water partition coefficient (Wildman–Crippen LogP) is 9.43. The van der Waals surface area contributed by atoms with Crippen molar-refractivity contribution in [2.75, 3.05) is 5.32 Å². The monoisotopic (exact) mass is 506 g/mol. The molecule has 0 saturated carbocycles. The molecule has 0 radical (unpaired) electrons. The van der Waals surface area contributed by atoms with Crippen molar-refractivity contribution in [1.29, 1.82) is 0 Å². The van der Waals surface area contributed by atoms with Crippen molar-refractivity contribution in [3.05, 3.63) is 102 Å². The lowest BCUT2D eigenvalue weighted by Gasteiger charge is -2.19. The third-order valence-corrected chi connectivity index (χ3v) is 6.48. The lowest BCUT2D eigenvalue weighted by Crippen LogP contribution is -2.11. The van der Waals surface area contributed by atoms with Gasteiger partial charge in [0.05, 0.1) is 23.0 Å². The number of anilines is 2. The van der Waals surface area contributed by atoms with Gasteiger partial charge in [0.15, 0.2) is 0 Å². The van der Waals surface area contributed by atoms with Crippen LogP contribution in [0.5, 0.6) is 0 Å². The number of halogens is 6. The van der Waals surface area contributed by atoms with Gasteiger partial charge in [0.25, 0.3) is 0 Å². The van der Waals surface area contributed by atoms with Crippen LogP contribution in [0.2, 0.25) is 0 Å². The maximum atomic E-state index is 13.7. The Balaban J connectivity index is 1.71. The summed E-state index contributed by atoms with van der Waals surface area (Å²) >= 11 is 0. The van der Waals surface area contributed by atoms with E-state index in [4.69, 9.17) is 0 Å². The SMILES string of the molecule is FC(F)(F)c1cc(-c2cc3c(Nc4cccnc4)ccc4ccc5cccc2c5c43)cc(C(F)(F)F)c1. The summed E-state index contributed by atoms with van der Waals surface area (Å²) in [6.45, 7) is 0. The lowest BCUT2D eigenvalue weighted by molar-refractivity contribution is -0.143. The highest BCUT2D eigenvalue weighted by molar-refractivity contribution is 6.28. The molecule has 0 amide bonds. The molecule has 2 nitrogen and oxygen atoms in total. The Labute approximate surface area is 206 Å². The summed E-state index contributed by atoms with van der Waals surface area (Å²) in [6, 6.07) is 19.9. The average Bonchev–Trinajstić information content (AvgIpc) is 2.87. The molecule has 1 aromatic heterocycles. The number of aromatic nitrogens is 1. The van der Waals surface area contributed by atoms with Gasteiger partial charge in [0.2, 0.25) is 0 Å². The van der Waals surface area contributed by atoms with E-state index in [2.05, 4.69) is 10.3 Å². The highest BCUT2D eigenvalue weighted by atomic mass is 19.4. The van der Waals surface area contributed by atoms with Gasteiger partial charge >= 0.3 is 12.4 Å². The van der Waals surface area contributed by atoms with E-state index in [1.165, 1.54) is 0 Å². The molecular weight excluding hydrogens is 490 g/mol. The number of rotatable bonds is 3. The minimum atomic E-state index is -4.94. The molecule has 6 rings (SSSR count). The number of hydrogen-bond acceptors (Lipinski definition) is 2. The topological polar surface area (TPSA) is 24.9 Å². The van der Waals surface area contributed by atoms with Crippen LogP contribution in [0, 0.1) is 0 Å². The molecule has 5 aromatic carbocycles. The van der Waals surface area contributed by atoms with Gasteiger partial charge < -0.3 is 5.32 Å². The van der Waals surface area contributed by atoms with Crippen molar-refractivity contribution < 1.29 is 26.3 Å². The predicted molar refractivity (Wildman–Crippen MR) is 133 cm³/mol. The first-order valence-corrected chi connectivity index (χ1v) is 11.3. The molecule has 0 fully saturated rings. The molecule has 0 aliphatic rings. The first-order valence-electron chi connectivity index (χ1n) is 11.3. The fourth-order valence-corrected chi connectivity index (χ4v) is 4.87. The molecule has 1 N–H and O–H groups in total. The molecule has 0 unspecified atom stereocenters. The number of benzene rings is 5. The van der Waals surface area contributed by atoms with Gasteiger partial charge in [-0.2, -0.15) is 26.3 Å². The van der Waals surface area contributed by atoms with Crippen molar-refractivity contribution in [3.8, 4) is 11.1 Å². The summed E-state index contributed by atoms with van der Waals surface area (Å²) < 4.78 is 82.0. The molecule has 0 saturated heterocycles. The van der Waals surface area contributed by atoms with E-state index in [9.17, 15) is 26.3 Å². The molecule has 8 heteroatoms. The maximum absolute atomic E-state index is 13.7. The molecule has 1 heterocycles. The Morgan fingerprint density at radius 1 is 0.622 bits per heavy atom. The number of hydrogen-bond donors (Lipinski definition) is 1. The largest absolute Gasteiger partial charge is 0.416 e. The van der Waals surface area contributed by atoms with Crippen molar-refractivity contribution in [2.45, 2.75) is 12.4 Å². The van der Waals surface area contributed by atoms with Crippen LogP contribution in [-0.4, -0.2) is 4.98 Å². The van der Waals surface area contributed by atoms with E-state index in [-0.39, 0.29) is 17.2 Å². The standard InChI is InChI=1S/C29H16F6N2/c30-28(31,32)19-11-18(12-20(13-19)29(33,34)35)23-14-24-25(37-21-4-2-10-36-15-21)9-8-17-7-6-16-3-1-5-22(23)26(16)27(17)24/h1-15,37H. The first kappa shape index (κ1) is 23.1. The van der Waals surface area contributed by atoms with Crippen molar-refractivity contribution in [3.63, 3.8) is 0 Å². The van der Waals surface area contributed by atoms with E-state index in [1.807, 2.05) is 36.4 Å². The highest BCUT2D eigenvalue weighted by Gasteiger charge is 2.37. The van der Waals surface area contributed by atoms with Gasteiger partial charge in [0, 0.05) is 17.3 Å². The molecule has 0 aliphatic heterocycles. The number of nitrogens with one attached hydrogen (secondary N) is 1. The van der Waals surface area contributed by atoms with E-state index in [0.717, 1.165) is 33.7 Å². The van der Waals surface area contributed by atoms with Crippen molar-refractivity contribution >= 4 is 43.7 Å². The zero-order valence-corrected chi connectivity index (χ0v) is 18.9. The summed E-state index contributed by atoms with van der Waals surface area (Å²) in [5, 5.41) is 7.91. The van der Waals surface area contributed by atoms with E-state index in [1.54, 1.807) is 36.7 Å². The summed E-state index contributed by atoms with van der Waals surface area (Å²) in [7, 11) is 0. The zero-order valence-electron chi connectivity index (χ0n) is 18.9. The molecule has 37 heavy (non-hydrogen) atoms. The second kappa shape index (κ2) is 8.09. The highest BCUT2D eigenvalue weighted by Crippen LogP contribution is 2.45. The Bertz CT molecular complexity index is 1740. The first-order chi connectivity index (χ1) is 17.6. The van der Waals surface area contributed by atoms with Gasteiger partial charge in [-0.15, -0.1) is 0 Å². The van der Waals surface area contributed by atoms with Crippen LogP contribution in [-0.2, 0) is 12.4 Å². The number of alkyl halides is 6. The summed E-state index contributed by atoms with van der Waals surface area (Å²) in [5.74, 6) is 0. The van der Waals surface area contributed by atoms with Crippen LogP contribution >= 0.6 is 0 Å². The molecule has 0 aliphatic carbocycles.